The summed E-state index contributed by atoms with van der Waals surface area (Å²) in [5.74, 6) is 1.65. The van der Waals surface area contributed by atoms with E-state index in [1.165, 1.54) is 0 Å². The van der Waals surface area contributed by atoms with E-state index in [9.17, 15) is 5.11 Å². The lowest BCUT2D eigenvalue weighted by molar-refractivity contribution is 0.174. The maximum atomic E-state index is 10.3. The van der Waals surface area contributed by atoms with E-state index in [1.54, 1.807) is 6.20 Å². The average Bonchev–Trinajstić information content (AvgIpc) is 2.56. The Hall–Kier alpha value is -1.13. The second-order valence-corrected chi connectivity index (χ2v) is 5.36. The Morgan fingerprint density at radius 1 is 1.28 bits per heavy atom. The summed E-state index contributed by atoms with van der Waals surface area (Å²) in [6, 6.07) is 3.83. The average molecular weight is 310 g/mol. The number of aliphatic hydroxyl groups excluding tert-OH is 1. The standard InChI is InChI=1S/C14H16BrNO2/c1-8-9(2)18-10(3)14(8)13(17)6-12-5-4-11(15)7-16-12/h4-5,7,13,17H,6H2,1-3H3. The molecule has 1 unspecified atom stereocenters. The van der Waals surface area contributed by atoms with Gasteiger partial charge in [0.05, 0.1) is 6.10 Å². The Labute approximate surface area is 115 Å². The minimum Gasteiger partial charge on any atom is -0.466 e. The number of aliphatic hydroxyl groups is 1. The molecule has 2 heterocycles. The van der Waals surface area contributed by atoms with E-state index >= 15 is 0 Å². The molecule has 0 aliphatic rings. The maximum Gasteiger partial charge on any atom is 0.107 e. The molecule has 4 heteroatoms. The largest absolute Gasteiger partial charge is 0.466 e. The van der Waals surface area contributed by atoms with Crippen LogP contribution in [0.3, 0.4) is 0 Å². The molecule has 2 aromatic heterocycles. The molecule has 0 aromatic carbocycles. The molecule has 18 heavy (non-hydrogen) atoms. The highest BCUT2D eigenvalue weighted by molar-refractivity contribution is 9.10. The minimum atomic E-state index is -0.573. The Bertz CT molecular complexity index is 546. The van der Waals surface area contributed by atoms with Gasteiger partial charge < -0.3 is 9.52 Å². The topological polar surface area (TPSA) is 46.3 Å². The van der Waals surface area contributed by atoms with Crippen LogP contribution in [-0.2, 0) is 6.42 Å². The molecule has 1 atom stereocenters. The molecule has 0 radical (unpaired) electrons. The first-order chi connectivity index (χ1) is 8.49. The molecular formula is C14H16BrNO2. The number of halogens is 1. The van der Waals surface area contributed by atoms with Crippen molar-refractivity contribution in [3.63, 3.8) is 0 Å². The van der Waals surface area contributed by atoms with Crippen molar-refractivity contribution in [1.29, 1.82) is 0 Å². The van der Waals surface area contributed by atoms with E-state index < -0.39 is 6.10 Å². The summed E-state index contributed by atoms with van der Waals surface area (Å²) in [5.41, 5.74) is 2.78. The molecule has 0 fully saturated rings. The zero-order chi connectivity index (χ0) is 13.3. The minimum absolute atomic E-state index is 0.494. The van der Waals surface area contributed by atoms with Crippen LogP contribution in [0.2, 0.25) is 0 Å². The summed E-state index contributed by atoms with van der Waals surface area (Å²) in [6.07, 6.45) is 1.66. The third kappa shape index (κ3) is 2.65. The van der Waals surface area contributed by atoms with Crippen molar-refractivity contribution in [2.75, 3.05) is 0 Å². The number of hydrogen-bond acceptors (Lipinski definition) is 3. The molecule has 0 saturated carbocycles. The van der Waals surface area contributed by atoms with E-state index in [0.29, 0.717) is 6.42 Å². The summed E-state index contributed by atoms with van der Waals surface area (Å²) >= 11 is 3.34. The van der Waals surface area contributed by atoms with Crippen LogP contribution in [0.15, 0.2) is 27.2 Å². The number of nitrogens with zero attached hydrogens (tertiary/aromatic N) is 1. The van der Waals surface area contributed by atoms with Crippen LogP contribution < -0.4 is 0 Å². The quantitative estimate of drug-likeness (QED) is 0.941. The second kappa shape index (κ2) is 5.24. The third-order valence-electron chi connectivity index (χ3n) is 3.14. The van der Waals surface area contributed by atoms with Crippen LogP contribution in [0, 0.1) is 20.8 Å². The lowest BCUT2D eigenvalue weighted by atomic mass is 10.0. The summed E-state index contributed by atoms with van der Waals surface area (Å²) in [4.78, 5) is 4.27. The Morgan fingerprint density at radius 2 is 2.00 bits per heavy atom. The molecule has 0 amide bonds. The van der Waals surface area contributed by atoms with Crippen LogP contribution in [0.1, 0.15) is 34.4 Å². The fourth-order valence-electron chi connectivity index (χ4n) is 2.13. The van der Waals surface area contributed by atoms with Gasteiger partial charge in [-0.05, 0) is 54.4 Å². The van der Waals surface area contributed by atoms with E-state index in [2.05, 4.69) is 20.9 Å². The summed E-state index contributed by atoms with van der Waals surface area (Å²) in [7, 11) is 0. The molecule has 2 rings (SSSR count). The van der Waals surface area contributed by atoms with Gasteiger partial charge in [0.15, 0.2) is 0 Å². The molecular weight excluding hydrogens is 294 g/mol. The molecule has 96 valence electrons. The predicted octanol–water partition coefficient (Wildman–Crippen LogP) is 3.64. The number of pyridine rings is 1. The monoisotopic (exact) mass is 309 g/mol. The smallest absolute Gasteiger partial charge is 0.107 e. The fourth-order valence-corrected chi connectivity index (χ4v) is 2.36. The zero-order valence-electron chi connectivity index (χ0n) is 10.7. The Balaban J connectivity index is 2.21. The van der Waals surface area contributed by atoms with E-state index in [4.69, 9.17) is 4.42 Å². The predicted molar refractivity (Wildman–Crippen MR) is 73.5 cm³/mol. The number of hydrogen-bond donors (Lipinski definition) is 1. The summed E-state index contributed by atoms with van der Waals surface area (Å²) in [5, 5.41) is 10.3. The van der Waals surface area contributed by atoms with Crippen molar-refractivity contribution in [2.45, 2.75) is 33.3 Å². The Morgan fingerprint density at radius 3 is 2.50 bits per heavy atom. The fraction of sp³-hybridized carbons (Fsp3) is 0.357. The van der Waals surface area contributed by atoms with E-state index in [1.807, 2.05) is 32.9 Å². The molecule has 0 aliphatic carbocycles. The van der Waals surface area contributed by atoms with Crippen molar-refractivity contribution < 1.29 is 9.52 Å². The third-order valence-corrected chi connectivity index (χ3v) is 3.61. The van der Waals surface area contributed by atoms with Gasteiger partial charge in [-0.2, -0.15) is 0 Å². The number of furan rings is 1. The highest BCUT2D eigenvalue weighted by Gasteiger charge is 2.19. The second-order valence-electron chi connectivity index (χ2n) is 4.44. The first-order valence-corrected chi connectivity index (χ1v) is 6.63. The first-order valence-electron chi connectivity index (χ1n) is 5.84. The molecule has 0 aliphatic heterocycles. The molecule has 0 spiro atoms. The van der Waals surface area contributed by atoms with Crippen molar-refractivity contribution in [3.05, 3.63) is 51.1 Å². The van der Waals surface area contributed by atoms with Crippen molar-refractivity contribution in [1.82, 2.24) is 4.98 Å². The SMILES string of the molecule is Cc1oc(C)c(C(O)Cc2ccc(Br)cn2)c1C. The molecule has 3 nitrogen and oxygen atoms in total. The van der Waals surface area contributed by atoms with Gasteiger partial charge in [-0.15, -0.1) is 0 Å². The van der Waals surface area contributed by atoms with Gasteiger partial charge >= 0.3 is 0 Å². The first kappa shape index (κ1) is 13.3. The van der Waals surface area contributed by atoms with Gasteiger partial charge in [0.25, 0.3) is 0 Å². The molecule has 2 aromatic rings. The molecule has 0 saturated heterocycles. The van der Waals surface area contributed by atoms with Crippen LogP contribution >= 0.6 is 15.9 Å². The normalized spacial score (nSPS) is 12.7. The highest BCUT2D eigenvalue weighted by Crippen LogP contribution is 2.28. The van der Waals surface area contributed by atoms with Crippen LogP contribution in [0.25, 0.3) is 0 Å². The number of rotatable bonds is 3. The highest BCUT2D eigenvalue weighted by atomic mass is 79.9. The number of aromatic nitrogens is 1. The summed E-state index contributed by atoms with van der Waals surface area (Å²) < 4.78 is 6.47. The molecule has 0 bridgehead atoms. The van der Waals surface area contributed by atoms with E-state index in [-0.39, 0.29) is 0 Å². The van der Waals surface area contributed by atoms with Gasteiger partial charge in [0, 0.05) is 28.3 Å². The van der Waals surface area contributed by atoms with E-state index in [0.717, 1.165) is 32.8 Å². The lowest BCUT2D eigenvalue weighted by Crippen LogP contribution is -2.05. The lowest BCUT2D eigenvalue weighted by Gasteiger charge is -2.10. The van der Waals surface area contributed by atoms with Gasteiger partial charge in [0.2, 0.25) is 0 Å². The summed E-state index contributed by atoms with van der Waals surface area (Å²) in [6.45, 7) is 5.77. The van der Waals surface area contributed by atoms with Crippen molar-refractivity contribution >= 4 is 15.9 Å². The van der Waals surface area contributed by atoms with Crippen molar-refractivity contribution in [2.24, 2.45) is 0 Å². The number of aryl methyl sites for hydroxylation is 2. The zero-order valence-corrected chi connectivity index (χ0v) is 12.3. The Kier molecular flexibility index (Phi) is 3.88. The van der Waals surface area contributed by atoms with Gasteiger partial charge in [-0.1, -0.05) is 0 Å². The van der Waals surface area contributed by atoms with Crippen molar-refractivity contribution in [3.8, 4) is 0 Å². The van der Waals surface area contributed by atoms with Crippen LogP contribution in [0.5, 0.6) is 0 Å². The van der Waals surface area contributed by atoms with Gasteiger partial charge in [-0.25, -0.2) is 0 Å². The molecule has 1 N–H and O–H groups in total. The van der Waals surface area contributed by atoms with Crippen LogP contribution in [-0.4, -0.2) is 10.1 Å². The van der Waals surface area contributed by atoms with Crippen LogP contribution in [0.4, 0.5) is 0 Å². The maximum absolute atomic E-state index is 10.3. The van der Waals surface area contributed by atoms with Gasteiger partial charge in [0.1, 0.15) is 11.5 Å². The van der Waals surface area contributed by atoms with Gasteiger partial charge in [-0.3, -0.25) is 4.98 Å².